The van der Waals surface area contributed by atoms with Crippen LogP contribution in [0.25, 0.3) is 0 Å². The molecule has 0 saturated carbocycles. The maximum atomic E-state index is 12.0. The second kappa shape index (κ2) is 5.29. The number of nitrogens with two attached hydrogens (primary N) is 1. The van der Waals surface area contributed by atoms with Crippen LogP contribution < -0.4 is 5.73 Å². The summed E-state index contributed by atoms with van der Waals surface area (Å²) in [6.07, 6.45) is 2.96. The number of amides is 1. The molecule has 2 saturated heterocycles. The number of rotatable bonds is 1. The van der Waals surface area contributed by atoms with Crippen molar-refractivity contribution in [3.63, 3.8) is 0 Å². The van der Waals surface area contributed by atoms with Crippen LogP contribution in [0.1, 0.15) is 40.0 Å². The van der Waals surface area contributed by atoms with E-state index >= 15 is 0 Å². The van der Waals surface area contributed by atoms with Crippen molar-refractivity contribution < 1.29 is 14.3 Å². The molecule has 2 rings (SSSR count). The van der Waals surface area contributed by atoms with E-state index < -0.39 is 5.60 Å². The van der Waals surface area contributed by atoms with E-state index in [2.05, 4.69) is 0 Å². The highest BCUT2D eigenvalue weighted by atomic mass is 16.6. The quantitative estimate of drug-likeness (QED) is 0.788. The Morgan fingerprint density at radius 3 is 2.53 bits per heavy atom. The molecule has 2 fully saturated rings. The van der Waals surface area contributed by atoms with E-state index in [1.165, 1.54) is 0 Å². The van der Waals surface area contributed by atoms with Gasteiger partial charge in [-0.25, -0.2) is 4.79 Å². The molecule has 2 heterocycles. The van der Waals surface area contributed by atoms with Crippen LogP contribution in [0.15, 0.2) is 0 Å². The lowest BCUT2D eigenvalue weighted by molar-refractivity contribution is -0.00842. The monoisotopic (exact) mass is 270 g/mol. The Balaban J connectivity index is 1.90. The normalized spacial score (nSPS) is 26.7. The summed E-state index contributed by atoms with van der Waals surface area (Å²) in [4.78, 5) is 13.8. The van der Waals surface area contributed by atoms with Gasteiger partial charge in [0.2, 0.25) is 0 Å². The van der Waals surface area contributed by atoms with Gasteiger partial charge in [-0.1, -0.05) is 0 Å². The fraction of sp³-hybridized carbons (Fsp3) is 0.929. The third-order valence-electron chi connectivity index (χ3n) is 4.23. The van der Waals surface area contributed by atoms with Gasteiger partial charge >= 0.3 is 6.09 Å². The smallest absolute Gasteiger partial charge is 0.410 e. The topological polar surface area (TPSA) is 64.8 Å². The Morgan fingerprint density at radius 2 is 2.00 bits per heavy atom. The summed E-state index contributed by atoms with van der Waals surface area (Å²) in [5.74, 6) is 0. The van der Waals surface area contributed by atoms with E-state index in [0.29, 0.717) is 6.54 Å². The molecule has 5 nitrogen and oxygen atoms in total. The molecule has 19 heavy (non-hydrogen) atoms. The Morgan fingerprint density at radius 1 is 1.37 bits per heavy atom. The molecule has 1 unspecified atom stereocenters. The summed E-state index contributed by atoms with van der Waals surface area (Å²) in [5.41, 5.74) is 5.55. The summed E-state index contributed by atoms with van der Waals surface area (Å²) >= 11 is 0. The highest BCUT2D eigenvalue weighted by molar-refractivity contribution is 5.68. The van der Waals surface area contributed by atoms with Crippen molar-refractivity contribution in [2.24, 2.45) is 11.1 Å². The van der Waals surface area contributed by atoms with Crippen LogP contribution >= 0.6 is 0 Å². The summed E-state index contributed by atoms with van der Waals surface area (Å²) < 4.78 is 11.1. The van der Waals surface area contributed by atoms with Crippen LogP contribution in [-0.2, 0) is 9.47 Å². The third kappa shape index (κ3) is 3.20. The number of hydrogen-bond donors (Lipinski definition) is 1. The van der Waals surface area contributed by atoms with Crippen molar-refractivity contribution >= 4 is 6.09 Å². The highest BCUT2D eigenvalue weighted by Gasteiger charge is 2.46. The summed E-state index contributed by atoms with van der Waals surface area (Å²) in [5, 5.41) is 0. The SMILES string of the molecule is CC(C)(C)OC(=O)N1CCC2(CCOC2CN)CC1. The molecule has 1 amide bonds. The highest BCUT2D eigenvalue weighted by Crippen LogP contribution is 2.43. The van der Waals surface area contributed by atoms with Gasteiger partial charge in [0.1, 0.15) is 5.60 Å². The van der Waals surface area contributed by atoms with E-state index in [1.807, 2.05) is 25.7 Å². The molecule has 0 aliphatic carbocycles. The Hall–Kier alpha value is -0.810. The van der Waals surface area contributed by atoms with Crippen LogP contribution in [0.5, 0.6) is 0 Å². The fourth-order valence-corrected chi connectivity index (χ4v) is 3.09. The van der Waals surface area contributed by atoms with Gasteiger partial charge in [0.15, 0.2) is 0 Å². The molecular formula is C14H26N2O3. The maximum absolute atomic E-state index is 12.0. The van der Waals surface area contributed by atoms with Gasteiger partial charge < -0.3 is 20.1 Å². The zero-order valence-corrected chi connectivity index (χ0v) is 12.3. The van der Waals surface area contributed by atoms with E-state index in [-0.39, 0.29) is 17.6 Å². The lowest BCUT2D eigenvalue weighted by Gasteiger charge is -2.41. The summed E-state index contributed by atoms with van der Waals surface area (Å²) in [6, 6.07) is 0. The number of carbonyl (C=O) groups excluding carboxylic acids is 1. The molecule has 2 N–H and O–H groups in total. The van der Waals surface area contributed by atoms with E-state index in [9.17, 15) is 4.79 Å². The molecule has 0 aromatic rings. The van der Waals surface area contributed by atoms with E-state index in [4.69, 9.17) is 15.2 Å². The van der Waals surface area contributed by atoms with Gasteiger partial charge in [-0.3, -0.25) is 0 Å². The first-order chi connectivity index (χ1) is 8.86. The Labute approximate surface area is 115 Å². The first kappa shape index (κ1) is 14.6. The van der Waals surface area contributed by atoms with Crippen LogP contribution in [0, 0.1) is 5.41 Å². The van der Waals surface area contributed by atoms with Gasteiger partial charge in [-0.05, 0) is 40.0 Å². The average molecular weight is 270 g/mol. The number of likely N-dealkylation sites (tertiary alicyclic amines) is 1. The van der Waals surface area contributed by atoms with Gasteiger partial charge in [-0.2, -0.15) is 0 Å². The van der Waals surface area contributed by atoms with E-state index in [1.54, 1.807) is 0 Å². The maximum Gasteiger partial charge on any atom is 0.410 e. The van der Waals surface area contributed by atoms with Gasteiger partial charge in [0, 0.05) is 31.7 Å². The van der Waals surface area contributed by atoms with Crippen molar-refractivity contribution in [3.05, 3.63) is 0 Å². The van der Waals surface area contributed by atoms with Gasteiger partial charge in [-0.15, -0.1) is 0 Å². The van der Waals surface area contributed by atoms with Crippen LogP contribution in [0.2, 0.25) is 0 Å². The molecule has 1 atom stereocenters. The van der Waals surface area contributed by atoms with Gasteiger partial charge in [0.25, 0.3) is 0 Å². The Kier molecular flexibility index (Phi) is 4.06. The number of piperidine rings is 1. The van der Waals surface area contributed by atoms with Crippen LogP contribution in [0.4, 0.5) is 4.79 Å². The molecular weight excluding hydrogens is 244 g/mol. The predicted octanol–water partition coefficient (Wildman–Crippen LogP) is 1.75. The van der Waals surface area contributed by atoms with Crippen LogP contribution in [-0.4, -0.2) is 48.9 Å². The first-order valence-electron chi connectivity index (χ1n) is 7.16. The van der Waals surface area contributed by atoms with Crippen molar-refractivity contribution in [3.8, 4) is 0 Å². The molecule has 0 aromatic carbocycles. The minimum Gasteiger partial charge on any atom is -0.444 e. The number of hydrogen-bond acceptors (Lipinski definition) is 4. The second-order valence-electron chi connectivity index (χ2n) is 6.67. The largest absolute Gasteiger partial charge is 0.444 e. The zero-order chi connectivity index (χ0) is 14.1. The molecule has 2 aliphatic heterocycles. The molecule has 1 spiro atoms. The van der Waals surface area contributed by atoms with Crippen LogP contribution in [0.3, 0.4) is 0 Å². The number of carbonyl (C=O) groups is 1. The molecule has 0 radical (unpaired) electrons. The standard InChI is InChI=1S/C14H26N2O3/c1-13(2,3)19-12(17)16-7-4-14(5-8-16)6-9-18-11(14)10-15/h11H,4-10,15H2,1-3H3. The molecule has 110 valence electrons. The lowest BCUT2D eigenvalue weighted by Crippen LogP contribution is -2.49. The molecule has 0 aromatic heterocycles. The lowest BCUT2D eigenvalue weighted by atomic mass is 9.73. The second-order valence-corrected chi connectivity index (χ2v) is 6.67. The minimum atomic E-state index is -0.428. The average Bonchev–Trinajstić information content (AvgIpc) is 2.70. The number of ether oxygens (including phenoxy) is 2. The zero-order valence-electron chi connectivity index (χ0n) is 12.3. The fourth-order valence-electron chi connectivity index (χ4n) is 3.09. The third-order valence-corrected chi connectivity index (χ3v) is 4.23. The van der Waals surface area contributed by atoms with Crippen molar-refractivity contribution in [2.75, 3.05) is 26.2 Å². The summed E-state index contributed by atoms with van der Waals surface area (Å²) in [7, 11) is 0. The van der Waals surface area contributed by atoms with Gasteiger partial charge in [0.05, 0.1) is 6.10 Å². The summed E-state index contributed by atoms with van der Waals surface area (Å²) in [6.45, 7) is 8.55. The number of nitrogens with zero attached hydrogens (tertiary/aromatic N) is 1. The van der Waals surface area contributed by atoms with E-state index in [0.717, 1.165) is 39.0 Å². The minimum absolute atomic E-state index is 0.160. The van der Waals surface area contributed by atoms with Crippen molar-refractivity contribution in [1.82, 2.24) is 4.90 Å². The molecule has 0 bridgehead atoms. The predicted molar refractivity (Wildman–Crippen MR) is 72.9 cm³/mol. The molecule has 5 heteroatoms. The Bertz CT molecular complexity index is 330. The first-order valence-corrected chi connectivity index (χ1v) is 7.16. The molecule has 2 aliphatic rings. The van der Waals surface area contributed by atoms with Crippen molar-refractivity contribution in [1.29, 1.82) is 0 Å². The van der Waals surface area contributed by atoms with Crippen molar-refractivity contribution in [2.45, 2.75) is 51.7 Å².